The average Bonchev–Trinajstić information content (AvgIpc) is 2.72. The molecule has 3 aromatic rings. The highest BCUT2D eigenvalue weighted by molar-refractivity contribution is 5.23. The van der Waals surface area contributed by atoms with Crippen molar-refractivity contribution < 1.29 is 0 Å². The van der Waals surface area contributed by atoms with Gasteiger partial charge in [0.25, 0.3) is 0 Å². The molecule has 1 saturated heterocycles. The van der Waals surface area contributed by atoms with Crippen molar-refractivity contribution in [3.05, 3.63) is 108 Å². The van der Waals surface area contributed by atoms with E-state index in [1.54, 1.807) is 0 Å². The lowest BCUT2D eigenvalue weighted by Crippen LogP contribution is -2.52. The fourth-order valence-electron chi connectivity index (χ4n) is 4.28. The molecule has 1 heterocycles. The number of hydrogen-bond donors (Lipinski definition) is 0. The van der Waals surface area contributed by atoms with Crippen molar-refractivity contribution >= 4 is 0 Å². The third kappa shape index (κ3) is 4.29. The molecule has 0 saturated carbocycles. The molecular weight excluding hydrogens is 328 g/mol. The lowest BCUT2D eigenvalue weighted by Gasteiger charge is -2.47. The van der Waals surface area contributed by atoms with Gasteiger partial charge in [-0.15, -0.1) is 0 Å². The number of piperazine rings is 1. The summed E-state index contributed by atoms with van der Waals surface area (Å²) in [6, 6.07) is 33.6. The van der Waals surface area contributed by atoms with Gasteiger partial charge in [0.15, 0.2) is 0 Å². The Morgan fingerprint density at radius 3 is 1.63 bits per heavy atom. The van der Waals surface area contributed by atoms with Crippen LogP contribution in [0.3, 0.4) is 0 Å². The zero-order chi connectivity index (χ0) is 18.5. The van der Waals surface area contributed by atoms with E-state index in [2.05, 4.69) is 108 Å². The van der Waals surface area contributed by atoms with E-state index >= 15 is 0 Å². The van der Waals surface area contributed by atoms with Crippen LogP contribution in [0.1, 0.15) is 29.7 Å². The predicted octanol–water partition coefficient (Wildman–Crippen LogP) is 5.13. The zero-order valence-electron chi connectivity index (χ0n) is 16.0. The molecule has 1 aliphatic rings. The summed E-state index contributed by atoms with van der Waals surface area (Å²) >= 11 is 0. The largest absolute Gasteiger partial charge is 0.293 e. The van der Waals surface area contributed by atoms with Crippen LogP contribution >= 0.6 is 0 Å². The summed E-state index contributed by atoms with van der Waals surface area (Å²) in [6.45, 7) is 6.60. The van der Waals surface area contributed by atoms with Crippen LogP contribution in [0.2, 0.25) is 0 Å². The Morgan fingerprint density at radius 2 is 1.07 bits per heavy atom. The van der Waals surface area contributed by atoms with Crippen LogP contribution in [-0.2, 0) is 13.1 Å². The van der Waals surface area contributed by atoms with E-state index in [0.29, 0.717) is 12.1 Å². The van der Waals surface area contributed by atoms with Crippen LogP contribution in [0.5, 0.6) is 0 Å². The lowest BCUT2D eigenvalue weighted by atomic mass is 9.94. The first kappa shape index (κ1) is 18.0. The second-order valence-corrected chi connectivity index (χ2v) is 7.51. The van der Waals surface area contributed by atoms with Gasteiger partial charge in [0.2, 0.25) is 0 Å². The third-order valence-corrected chi connectivity index (χ3v) is 5.70. The maximum atomic E-state index is 2.65. The van der Waals surface area contributed by atoms with Gasteiger partial charge < -0.3 is 0 Å². The minimum Gasteiger partial charge on any atom is -0.293 e. The molecule has 1 aliphatic heterocycles. The molecule has 0 aromatic heterocycles. The number of rotatable bonds is 5. The summed E-state index contributed by atoms with van der Waals surface area (Å²) in [4.78, 5) is 5.28. The predicted molar refractivity (Wildman–Crippen MR) is 112 cm³/mol. The smallest absolute Gasteiger partial charge is 0.0505 e. The van der Waals surface area contributed by atoms with Crippen LogP contribution in [0.25, 0.3) is 0 Å². The molecule has 0 aliphatic carbocycles. The molecule has 2 nitrogen and oxygen atoms in total. The van der Waals surface area contributed by atoms with Crippen molar-refractivity contribution in [3.63, 3.8) is 0 Å². The molecule has 2 atom stereocenters. The molecular formula is C25H28N2. The standard InChI is InChI=1S/C25H28N2/c1-21-25(24-15-9-4-10-16-24)27(20-23-13-7-3-8-14-23)18-17-26(21)19-22-11-5-2-6-12-22/h2-16,21,25H,17-20H2,1H3. The van der Waals surface area contributed by atoms with Gasteiger partial charge >= 0.3 is 0 Å². The van der Waals surface area contributed by atoms with Crippen molar-refractivity contribution in [3.8, 4) is 0 Å². The lowest BCUT2D eigenvalue weighted by molar-refractivity contribution is 0.0161. The minimum absolute atomic E-state index is 0.406. The molecule has 2 unspecified atom stereocenters. The summed E-state index contributed by atoms with van der Waals surface area (Å²) in [6.07, 6.45) is 0. The molecule has 4 rings (SSSR count). The van der Waals surface area contributed by atoms with E-state index < -0.39 is 0 Å². The van der Waals surface area contributed by atoms with Crippen molar-refractivity contribution in [2.75, 3.05) is 13.1 Å². The molecule has 0 spiro atoms. The maximum Gasteiger partial charge on any atom is 0.0505 e. The van der Waals surface area contributed by atoms with Gasteiger partial charge in [-0.25, -0.2) is 0 Å². The van der Waals surface area contributed by atoms with E-state index in [1.807, 2.05) is 0 Å². The molecule has 0 amide bonds. The quantitative estimate of drug-likeness (QED) is 0.625. The van der Waals surface area contributed by atoms with Gasteiger partial charge in [0.05, 0.1) is 6.04 Å². The third-order valence-electron chi connectivity index (χ3n) is 5.70. The van der Waals surface area contributed by atoms with E-state index in [9.17, 15) is 0 Å². The maximum absolute atomic E-state index is 2.65. The molecule has 0 bridgehead atoms. The molecule has 3 aromatic carbocycles. The van der Waals surface area contributed by atoms with Crippen LogP contribution in [0.15, 0.2) is 91.0 Å². The topological polar surface area (TPSA) is 6.48 Å². The van der Waals surface area contributed by atoms with Gasteiger partial charge in [-0.2, -0.15) is 0 Å². The average molecular weight is 357 g/mol. The van der Waals surface area contributed by atoms with E-state index in [-0.39, 0.29) is 0 Å². The highest BCUT2D eigenvalue weighted by Gasteiger charge is 2.34. The fourth-order valence-corrected chi connectivity index (χ4v) is 4.28. The monoisotopic (exact) mass is 356 g/mol. The van der Waals surface area contributed by atoms with E-state index in [0.717, 1.165) is 26.2 Å². The summed E-state index contributed by atoms with van der Waals surface area (Å²) in [7, 11) is 0. The van der Waals surface area contributed by atoms with E-state index in [4.69, 9.17) is 0 Å². The van der Waals surface area contributed by atoms with Crippen LogP contribution < -0.4 is 0 Å². The van der Waals surface area contributed by atoms with E-state index in [1.165, 1.54) is 16.7 Å². The Balaban J connectivity index is 1.58. The fraction of sp³-hybridized carbons (Fsp3) is 0.280. The Morgan fingerprint density at radius 1 is 0.630 bits per heavy atom. The highest BCUT2D eigenvalue weighted by atomic mass is 15.3. The first-order valence-electron chi connectivity index (χ1n) is 9.92. The van der Waals surface area contributed by atoms with Crippen LogP contribution in [0.4, 0.5) is 0 Å². The Kier molecular flexibility index (Phi) is 5.66. The molecule has 138 valence electrons. The Labute approximate surface area is 163 Å². The summed E-state index contributed by atoms with van der Waals surface area (Å²) in [5, 5.41) is 0. The summed E-state index contributed by atoms with van der Waals surface area (Å²) < 4.78 is 0. The minimum atomic E-state index is 0.406. The molecule has 0 radical (unpaired) electrons. The van der Waals surface area contributed by atoms with Gasteiger partial charge in [-0.3, -0.25) is 9.80 Å². The Hall–Kier alpha value is -2.42. The first-order valence-corrected chi connectivity index (χ1v) is 9.92. The Bertz CT molecular complexity index is 817. The zero-order valence-corrected chi connectivity index (χ0v) is 16.0. The molecule has 2 heteroatoms. The van der Waals surface area contributed by atoms with Gasteiger partial charge in [0.1, 0.15) is 0 Å². The van der Waals surface area contributed by atoms with Crippen LogP contribution in [-0.4, -0.2) is 28.9 Å². The van der Waals surface area contributed by atoms with Gasteiger partial charge in [-0.1, -0.05) is 91.0 Å². The number of benzene rings is 3. The molecule has 27 heavy (non-hydrogen) atoms. The number of nitrogens with zero attached hydrogens (tertiary/aromatic N) is 2. The van der Waals surface area contributed by atoms with Crippen molar-refractivity contribution in [2.45, 2.75) is 32.1 Å². The second kappa shape index (κ2) is 8.51. The number of hydrogen-bond acceptors (Lipinski definition) is 2. The van der Waals surface area contributed by atoms with Gasteiger partial charge in [0, 0.05) is 32.2 Å². The van der Waals surface area contributed by atoms with Crippen LogP contribution in [0, 0.1) is 0 Å². The van der Waals surface area contributed by atoms with Crippen molar-refractivity contribution in [2.24, 2.45) is 0 Å². The summed E-state index contributed by atoms with van der Waals surface area (Å²) in [5.41, 5.74) is 4.20. The normalized spacial score (nSPS) is 21.2. The molecule has 1 fully saturated rings. The van der Waals surface area contributed by atoms with Crippen molar-refractivity contribution in [1.29, 1.82) is 0 Å². The SMILES string of the molecule is CC1C(c2ccccc2)N(Cc2ccccc2)CCN1Cc1ccccc1. The molecule has 0 N–H and O–H groups in total. The first-order chi connectivity index (χ1) is 13.3. The highest BCUT2D eigenvalue weighted by Crippen LogP contribution is 2.33. The summed E-state index contributed by atoms with van der Waals surface area (Å²) in [5.74, 6) is 0. The van der Waals surface area contributed by atoms with Crippen molar-refractivity contribution in [1.82, 2.24) is 9.80 Å². The second-order valence-electron chi connectivity index (χ2n) is 7.51. The van der Waals surface area contributed by atoms with Gasteiger partial charge in [-0.05, 0) is 23.6 Å².